The Bertz CT molecular complexity index is 196. The van der Waals surface area contributed by atoms with Crippen LogP contribution in [0.25, 0.3) is 0 Å². The van der Waals surface area contributed by atoms with Gasteiger partial charge in [0, 0.05) is 13.2 Å². The van der Waals surface area contributed by atoms with Gasteiger partial charge in [-0.1, -0.05) is 27.2 Å². The summed E-state index contributed by atoms with van der Waals surface area (Å²) in [5.41, 5.74) is 0.207. The van der Waals surface area contributed by atoms with Crippen LogP contribution in [0.3, 0.4) is 0 Å². The molecule has 0 amide bonds. The molecule has 1 aliphatic rings. The first-order chi connectivity index (χ1) is 8.15. The Labute approximate surface area is 108 Å². The molecule has 17 heavy (non-hydrogen) atoms. The highest BCUT2D eigenvalue weighted by Crippen LogP contribution is 2.39. The number of ether oxygens (including phenoxy) is 1. The molecule has 0 radical (unpaired) electrons. The molecule has 0 aromatic heterocycles. The van der Waals surface area contributed by atoms with Crippen LogP contribution < -0.4 is 5.32 Å². The molecule has 0 bridgehead atoms. The van der Waals surface area contributed by atoms with Crippen LogP contribution in [-0.4, -0.2) is 25.3 Å². The summed E-state index contributed by atoms with van der Waals surface area (Å²) < 4.78 is 5.76. The fourth-order valence-electron chi connectivity index (χ4n) is 2.75. The molecule has 2 nitrogen and oxygen atoms in total. The Hall–Kier alpha value is -0.0800. The second-order valence-electron chi connectivity index (χ2n) is 5.84. The van der Waals surface area contributed by atoms with Gasteiger partial charge < -0.3 is 10.1 Å². The van der Waals surface area contributed by atoms with Gasteiger partial charge in [0.25, 0.3) is 0 Å². The van der Waals surface area contributed by atoms with Crippen LogP contribution >= 0.6 is 0 Å². The summed E-state index contributed by atoms with van der Waals surface area (Å²) >= 11 is 0. The van der Waals surface area contributed by atoms with Gasteiger partial charge in [0.2, 0.25) is 0 Å². The molecule has 0 aliphatic heterocycles. The molecule has 1 saturated carbocycles. The van der Waals surface area contributed by atoms with Gasteiger partial charge in [-0.2, -0.15) is 0 Å². The highest BCUT2D eigenvalue weighted by Gasteiger charge is 2.38. The lowest BCUT2D eigenvalue weighted by molar-refractivity contribution is -0.0845. The molecule has 1 N–H and O–H groups in total. The Morgan fingerprint density at radius 3 is 2.41 bits per heavy atom. The lowest BCUT2D eigenvalue weighted by Gasteiger charge is -2.43. The predicted molar refractivity (Wildman–Crippen MR) is 74.4 cm³/mol. The number of hydrogen-bond donors (Lipinski definition) is 1. The van der Waals surface area contributed by atoms with E-state index in [9.17, 15) is 0 Å². The van der Waals surface area contributed by atoms with E-state index < -0.39 is 0 Å². The third kappa shape index (κ3) is 4.59. The molecule has 1 aliphatic carbocycles. The molecule has 0 aromatic carbocycles. The van der Waals surface area contributed by atoms with E-state index in [0.29, 0.717) is 6.04 Å². The molecular weight excluding hydrogens is 210 g/mol. The largest absolute Gasteiger partial charge is 0.378 e. The zero-order chi connectivity index (χ0) is 12.7. The molecule has 1 fully saturated rings. The number of nitrogens with one attached hydrogen (secondary N) is 1. The van der Waals surface area contributed by atoms with Gasteiger partial charge in [-0.05, 0) is 51.0 Å². The molecule has 1 rings (SSSR count). The second kappa shape index (κ2) is 7.38. The molecule has 2 unspecified atom stereocenters. The smallest absolute Gasteiger partial charge is 0.0693 e. The van der Waals surface area contributed by atoms with Crippen molar-refractivity contribution in [3.05, 3.63) is 0 Å². The van der Waals surface area contributed by atoms with Crippen molar-refractivity contribution in [2.45, 2.75) is 77.4 Å². The van der Waals surface area contributed by atoms with E-state index in [-0.39, 0.29) is 5.60 Å². The van der Waals surface area contributed by atoms with Crippen molar-refractivity contribution in [2.75, 3.05) is 13.7 Å². The first-order valence-corrected chi connectivity index (χ1v) is 7.44. The zero-order valence-electron chi connectivity index (χ0n) is 12.2. The SMILES string of the molecule is CCCNC(CC(C)CC)CC1(OC)CCC1. The van der Waals surface area contributed by atoms with Gasteiger partial charge in [0.1, 0.15) is 0 Å². The third-order valence-corrected chi connectivity index (χ3v) is 4.38. The Morgan fingerprint density at radius 1 is 1.29 bits per heavy atom. The average Bonchev–Trinajstić information content (AvgIpc) is 2.30. The standard InChI is InChI=1S/C15H31NO/c1-5-10-16-14(11-13(3)6-2)12-15(17-4)8-7-9-15/h13-14,16H,5-12H2,1-4H3. The minimum absolute atomic E-state index is 0.207. The van der Waals surface area contributed by atoms with E-state index in [0.717, 1.165) is 12.5 Å². The molecular formula is C15H31NO. The maximum atomic E-state index is 5.76. The summed E-state index contributed by atoms with van der Waals surface area (Å²) in [5, 5.41) is 3.71. The lowest BCUT2D eigenvalue weighted by atomic mass is 9.74. The highest BCUT2D eigenvalue weighted by atomic mass is 16.5. The third-order valence-electron chi connectivity index (χ3n) is 4.38. The first-order valence-electron chi connectivity index (χ1n) is 7.44. The monoisotopic (exact) mass is 241 g/mol. The molecule has 0 saturated heterocycles. The van der Waals surface area contributed by atoms with E-state index >= 15 is 0 Å². The average molecular weight is 241 g/mol. The molecule has 0 aromatic rings. The molecule has 0 heterocycles. The van der Waals surface area contributed by atoms with Crippen molar-refractivity contribution < 1.29 is 4.74 Å². The topological polar surface area (TPSA) is 21.3 Å². The van der Waals surface area contributed by atoms with Crippen LogP contribution in [-0.2, 0) is 4.74 Å². The number of methoxy groups -OCH3 is 1. The van der Waals surface area contributed by atoms with Crippen LogP contribution in [0.5, 0.6) is 0 Å². The van der Waals surface area contributed by atoms with Gasteiger partial charge >= 0.3 is 0 Å². The van der Waals surface area contributed by atoms with E-state index in [1.54, 1.807) is 0 Å². The molecule has 102 valence electrons. The van der Waals surface area contributed by atoms with E-state index in [1.165, 1.54) is 44.9 Å². The number of hydrogen-bond acceptors (Lipinski definition) is 2. The minimum Gasteiger partial charge on any atom is -0.378 e. The van der Waals surface area contributed by atoms with Crippen molar-refractivity contribution >= 4 is 0 Å². The predicted octanol–water partition coefficient (Wildman–Crippen LogP) is 3.75. The Morgan fingerprint density at radius 2 is 2.00 bits per heavy atom. The van der Waals surface area contributed by atoms with Gasteiger partial charge in [-0.3, -0.25) is 0 Å². The van der Waals surface area contributed by atoms with E-state index in [1.807, 2.05) is 7.11 Å². The molecule has 0 spiro atoms. The highest BCUT2D eigenvalue weighted by molar-refractivity contribution is 4.93. The zero-order valence-corrected chi connectivity index (χ0v) is 12.2. The fraction of sp³-hybridized carbons (Fsp3) is 1.00. The van der Waals surface area contributed by atoms with Crippen molar-refractivity contribution in [2.24, 2.45) is 5.92 Å². The minimum atomic E-state index is 0.207. The van der Waals surface area contributed by atoms with Crippen molar-refractivity contribution in [1.82, 2.24) is 5.32 Å². The summed E-state index contributed by atoms with van der Waals surface area (Å²) in [6.45, 7) is 8.03. The summed E-state index contributed by atoms with van der Waals surface area (Å²) in [6.07, 6.45) is 8.86. The van der Waals surface area contributed by atoms with Gasteiger partial charge in [0.05, 0.1) is 5.60 Å². The van der Waals surface area contributed by atoms with Crippen LogP contribution in [0.15, 0.2) is 0 Å². The van der Waals surface area contributed by atoms with Gasteiger partial charge in [-0.25, -0.2) is 0 Å². The fourth-order valence-corrected chi connectivity index (χ4v) is 2.75. The first kappa shape index (κ1) is 15.0. The maximum absolute atomic E-state index is 5.76. The van der Waals surface area contributed by atoms with Crippen LogP contribution in [0.2, 0.25) is 0 Å². The Kier molecular flexibility index (Phi) is 6.50. The summed E-state index contributed by atoms with van der Waals surface area (Å²) in [4.78, 5) is 0. The van der Waals surface area contributed by atoms with Crippen LogP contribution in [0.1, 0.15) is 65.7 Å². The maximum Gasteiger partial charge on any atom is 0.0693 e. The lowest BCUT2D eigenvalue weighted by Crippen LogP contribution is -2.46. The van der Waals surface area contributed by atoms with Crippen LogP contribution in [0, 0.1) is 5.92 Å². The van der Waals surface area contributed by atoms with Crippen LogP contribution in [0.4, 0.5) is 0 Å². The molecule has 2 atom stereocenters. The second-order valence-corrected chi connectivity index (χ2v) is 5.84. The number of rotatable bonds is 9. The quantitative estimate of drug-likeness (QED) is 0.664. The van der Waals surface area contributed by atoms with E-state index in [2.05, 4.69) is 26.1 Å². The van der Waals surface area contributed by atoms with Gasteiger partial charge in [-0.15, -0.1) is 0 Å². The summed E-state index contributed by atoms with van der Waals surface area (Å²) in [7, 11) is 1.89. The van der Waals surface area contributed by atoms with Crippen molar-refractivity contribution in [3.63, 3.8) is 0 Å². The Balaban J connectivity index is 2.43. The normalized spacial score (nSPS) is 21.9. The van der Waals surface area contributed by atoms with Crippen molar-refractivity contribution in [1.29, 1.82) is 0 Å². The summed E-state index contributed by atoms with van der Waals surface area (Å²) in [6, 6.07) is 0.644. The van der Waals surface area contributed by atoms with Crippen molar-refractivity contribution in [3.8, 4) is 0 Å². The summed E-state index contributed by atoms with van der Waals surface area (Å²) in [5.74, 6) is 0.818. The van der Waals surface area contributed by atoms with E-state index in [4.69, 9.17) is 4.74 Å². The van der Waals surface area contributed by atoms with Gasteiger partial charge in [0.15, 0.2) is 0 Å². The molecule has 2 heteroatoms.